The van der Waals surface area contributed by atoms with E-state index in [2.05, 4.69) is 4.98 Å². The molecule has 4 rings (SSSR count). The number of hydrogen-bond donors (Lipinski definition) is 0. The summed E-state index contributed by atoms with van der Waals surface area (Å²) in [5.74, 6) is -0.196. The van der Waals surface area contributed by atoms with Crippen molar-refractivity contribution in [3.05, 3.63) is 73.4 Å². The molecule has 0 N–H and O–H groups in total. The number of halogens is 2. The van der Waals surface area contributed by atoms with Crippen molar-refractivity contribution in [1.29, 1.82) is 0 Å². The molecule has 8 heteroatoms. The molecular weight excluding hydrogens is 429 g/mol. The van der Waals surface area contributed by atoms with Crippen LogP contribution in [0.4, 0.5) is 5.69 Å². The van der Waals surface area contributed by atoms with Crippen molar-refractivity contribution in [2.45, 2.75) is 20.3 Å². The maximum Gasteiger partial charge on any atom is 0.268 e. The van der Waals surface area contributed by atoms with Gasteiger partial charge in [0.1, 0.15) is 10.5 Å². The number of fused-ring (bicyclic) bond motifs is 2. The summed E-state index contributed by atoms with van der Waals surface area (Å²) in [5.41, 5.74) is 1.98. The van der Waals surface area contributed by atoms with Gasteiger partial charge in [0.05, 0.1) is 20.3 Å². The van der Waals surface area contributed by atoms with Crippen molar-refractivity contribution < 1.29 is 4.79 Å². The van der Waals surface area contributed by atoms with E-state index in [0.29, 0.717) is 43.0 Å². The van der Waals surface area contributed by atoms with Crippen LogP contribution < -0.4 is 10.5 Å². The first-order chi connectivity index (χ1) is 13.9. The lowest BCUT2D eigenvalue weighted by molar-refractivity contribution is 0.0991. The van der Waals surface area contributed by atoms with Crippen LogP contribution >= 0.6 is 34.5 Å². The Balaban J connectivity index is 1.83. The van der Waals surface area contributed by atoms with Gasteiger partial charge in [-0.1, -0.05) is 36.2 Å². The molecule has 3 aromatic heterocycles. The van der Waals surface area contributed by atoms with Gasteiger partial charge in [0.2, 0.25) is 0 Å². The Bertz CT molecular complexity index is 1310. The van der Waals surface area contributed by atoms with Crippen LogP contribution in [-0.4, -0.2) is 21.8 Å². The van der Waals surface area contributed by atoms with E-state index in [1.165, 1.54) is 15.7 Å². The average Bonchev–Trinajstić information content (AvgIpc) is 3.13. The van der Waals surface area contributed by atoms with Crippen LogP contribution in [0.2, 0.25) is 10.0 Å². The number of aromatic nitrogens is 2. The van der Waals surface area contributed by atoms with Gasteiger partial charge in [0, 0.05) is 18.4 Å². The van der Waals surface area contributed by atoms with Crippen LogP contribution in [0.1, 0.15) is 28.6 Å². The number of hydrogen-bond acceptors (Lipinski definition) is 4. The second-order valence-electron chi connectivity index (χ2n) is 6.69. The van der Waals surface area contributed by atoms with Gasteiger partial charge in [-0.3, -0.25) is 14.0 Å². The number of pyridine rings is 1. The first-order valence-electron chi connectivity index (χ1n) is 9.09. The quantitative estimate of drug-likeness (QED) is 0.411. The van der Waals surface area contributed by atoms with Gasteiger partial charge in [0.15, 0.2) is 0 Å². The zero-order valence-corrected chi connectivity index (χ0v) is 18.1. The third-order valence-corrected chi connectivity index (χ3v) is 6.41. The van der Waals surface area contributed by atoms with Crippen LogP contribution in [0.15, 0.2) is 47.4 Å². The van der Waals surface area contributed by atoms with E-state index in [-0.39, 0.29) is 11.5 Å². The highest BCUT2D eigenvalue weighted by atomic mass is 35.5. The SMILES string of the molecule is CCCN(C(=O)c1cc2c(=O)n3cccc(C)c3nc2s1)c1ccc(Cl)c(Cl)c1. The summed E-state index contributed by atoms with van der Waals surface area (Å²) in [4.78, 5) is 33.5. The highest BCUT2D eigenvalue weighted by Gasteiger charge is 2.22. The number of anilines is 1. The van der Waals surface area contributed by atoms with Crippen molar-refractivity contribution in [2.24, 2.45) is 0 Å². The smallest absolute Gasteiger partial charge is 0.268 e. The average molecular weight is 446 g/mol. The minimum atomic E-state index is -0.196. The number of thiophene rings is 1. The summed E-state index contributed by atoms with van der Waals surface area (Å²) < 4.78 is 1.52. The van der Waals surface area contributed by atoms with Crippen LogP contribution in [-0.2, 0) is 0 Å². The number of amides is 1. The molecule has 0 bridgehead atoms. The van der Waals surface area contributed by atoms with E-state index in [4.69, 9.17) is 23.2 Å². The molecule has 5 nitrogen and oxygen atoms in total. The Labute approximate surface area is 181 Å². The summed E-state index contributed by atoms with van der Waals surface area (Å²) >= 11 is 13.4. The molecule has 0 saturated carbocycles. The monoisotopic (exact) mass is 445 g/mol. The molecular formula is C21H17Cl2N3O2S. The van der Waals surface area contributed by atoms with Crippen molar-refractivity contribution in [3.63, 3.8) is 0 Å². The van der Waals surface area contributed by atoms with E-state index >= 15 is 0 Å². The molecule has 0 spiro atoms. The van der Waals surface area contributed by atoms with Crippen molar-refractivity contribution >= 4 is 62.0 Å². The number of carbonyl (C=O) groups is 1. The minimum absolute atomic E-state index is 0.180. The summed E-state index contributed by atoms with van der Waals surface area (Å²) in [6.45, 7) is 4.41. The van der Waals surface area contributed by atoms with E-state index < -0.39 is 0 Å². The van der Waals surface area contributed by atoms with Gasteiger partial charge in [-0.25, -0.2) is 4.98 Å². The maximum atomic E-state index is 13.3. The highest BCUT2D eigenvalue weighted by Crippen LogP contribution is 2.30. The standard InChI is InChI=1S/C21H17Cl2N3O2S/c1-3-8-25(13-6-7-15(22)16(23)10-13)21(28)17-11-14-19(29-17)24-18-12(2)5-4-9-26(18)20(14)27/h4-7,9-11H,3,8H2,1-2H3. The molecule has 0 fully saturated rings. The number of rotatable bonds is 4. The van der Waals surface area contributed by atoms with Gasteiger partial charge in [-0.2, -0.15) is 0 Å². The van der Waals surface area contributed by atoms with Crippen molar-refractivity contribution in [2.75, 3.05) is 11.4 Å². The van der Waals surface area contributed by atoms with Gasteiger partial charge >= 0.3 is 0 Å². The Morgan fingerprint density at radius 2 is 2.00 bits per heavy atom. The Kier molecular flexibility index (Phi) is 5.34. The van der Waals surface area contributed by atoms with E-state index in [1.807, 2.05) is 26.0 Å². The molecule has 4 aromatic rings. The summed E-state index contributed by atoms with van der Waals surface area (Å²) in [6, 6.07) is 10.5. The highest BCUT2D eigenvalue weighted by molar-refractivity contribution is 7.20. The Morgan fingerprint density at radius 3 is 2.72 bits per heavy atom. The van der Waals surface area contributed by atoms with E-state index in [0.717, 1.165) is 12.0 Å². The fourth-order valence-electron chi connectivity index (χ4n) is 3.22. The molecule has 29 heavy (non-hydrogen) atoms. The lowest BCUT2D eigenvalue weighted by Gasteiger charge is -2.22. The molecule has 0 aliphatic heterocycles. The summed E-state index contributed by atoms with van der Waals surface area (Å²) in [7, 11) is 0. The number of carbonyl (C=O) groups excluding carboxylic acids is 1. The zero-order valence-electron chi connectivity index (χ0n) is 15.8. The van der Waals surface area contributed by atoms with Crippen LogP contribution in [0.5, 0.6) is 0 Å². The molecule has 3 heterocycles. The first kappa shape index (κ1) is 19.9. The number of aryl methyl sites for hydroxylation is 1. The summed E-state index contributed by atoms with van der Waals surface area (Å²) in [6.07, 6.45) is 2.45. The molecule has 1 amide bonds. The molecule has 148 valence electrons. The molecule has 0 atom stereocenters. The molecule has 0 aliphatic rings. The molecule has 1 aromatic carbocycles. The normalized spacial score (nSPS) is 11.3. The second-order valence-corrected chi connectivity index (χ2v) is 8.53. The third-order valence-electron chi connectivity index (χ3n) is 4.65. The van der Waals surface area contributed by atoms with Crippen molar-refractivity contribution in [1.82, 2.24) is 9.38 Å². The van der Waals surface area contributed by atoms with E-state index in [9.17, 15) is 9.59 Å². The van der Waals surface area contributed by atoms with Crippen LogP contribution in [0.25, 0.3) is 15.9 Å². The largest absolute Gasteiger partial charge is 0.308 e. The third kappa shape index (κ3) is 3.52. The topological polar surface area (TPSA) is 54.7 Å². The number of benzene rings is 1. The van der Waals surface area contributed by atoms with Gasteiger partial charge < -0.3 is 4.90 Å². The zero-order chi connectivity index (χ0) is 20.7. The Morgan fingerprint density at radius 1 is 1.21 bits per heavy atom. The molecule has 0 saturated heterocycles. The lowest BCUT2D eigenvalue weighted by Crippen LogP contribution is -2.31. The Hall–Kier alpha value is -2.41. The van der Waals surface area contributed by atoms with Crippen LogP contribution in [0.3, 0.4) is 0 Å². The van der Waals surface area contributed by atoms with Gasteiger partial charge in [-0.15, -0.1) is 11.3 Å². The first-order valence-corrected chi connectivity index (χ1v) is 10.7. The van der Waals surface area contributed by atoms with E-state index in [1.54, 1.807) is 35.4 Å². The lowest BCUT2D eigenvalue weighted by atomic mass is 10.2. The van der Waals surface area contributed by atoms with Gasteiger partial charge in [-0.05, 0) is 49.2 Å². The molecule has 0 unspecified atom stereocenters. The maximum absolute atomic E-state index is 13.3. The predicted octanol–water partition coefficient (Wildman–Crippen LogP) is 5.58. The minimum Gasteiger partial charge on any atom is -0.308 e. The second kappa shape index (κ2) is 7.78. The summed E-state index contributed by atoms with van der Waals surface area (Å²) in [5, 5.41) is 1.25. The number of nitrogens with zero attached hydrogens (tertiary/aromatic N) is 3. The molecule has 0 radical (unpaired) electrons. The van der Waals surface area contributed by atoms with Crippen LogP contribution in [0, 0.1) is 6.92 Å². The van der Waals surface area contributed by atoms with Crippen molar-refractivity contribution in [3.8, 4) is 0 Å². The fourth-order valence-corrected chi connectivity index (χ4v) is 4.48. The fraction of sp³-hybridized carbons (Fsp3) is 0.190. The predicted molar refractivity (Wildman–Crippen MR) is 120 cm³/mol. The van der Waals surface area contributed by atoms with Gasteiger partial charge in [0.25, 0.3) is 11.5 Å². The molecule has 0 aliphatic carbocycles.